The molecule has 3 nitrogen and oxygen atoms in total. The minimum Gasteiger partial charge on any atom is -0.345 e. The molecule has 0 unspecified atom stereocenters. The highest BCUT2D eigenvalue weighted by Gasteiger charge is 2.13. The van der Waals surface area contributed by atoms with Crippen LogP contribution < -0.4 is 5.32 Å². The maximum Gasteiger partial charge on any atom is 0.105 e. The van der Waals surface area contributed by atoms with Crippen molar-refractivity contribution < 1.29 is 5.32 Å². The van der Waals surface area contributed by atoms with E-state index in [1.165, 1.54) is 11.3 Å². The van der Waals surface area contributed by atoms with Crippen LogP contribution in [0.3, 0.4) is 0 Å². The lowest BCUT2D eigenvalue weighted by Gasteiger charge is -2.07. The van der Waals surface area contributed by atoms with Crippen LogP contribution in [0, 0.1) is 13.8 Å². The van der Waals surface area contributed by atoms with Crippen LogP contribution in [0.4, 0.5) is 0 Å². The molecule has 1 aromatic heterocycles. The SMILES string of the molecule is C[NH2+]Cc1c(C)nn(Cc2ccccc2Cl)c1C. The highest BCUT2D eigenvalue weighted by atomic mass is 35.5. The first kappa shape index (κ1) is 13.1. The summed E-state index contributed by atoms with van der Waals surface area (Å²) in [4.78, 5) is 0. The topological polar surface area (TPSA) is 34.4 Å². The Morgan fingerprint density at radius 1 is 1.28 bits per heavy atom. The van der Waals surface area contributed by atoms with Crippen molar-refractivity contribution in [3.63, 3.8) is 0 Å². The third-order valence-corrected chi connectivity index (χ3v) is 3.59. The van der Waals surface area contributed by atoms with Crippen molar-refractivity contribution in [3.05, 3.63) is 51.8 Å². The molecule has 0 atom stereocenters. The van der Waals surface area contributed by atoms with Gasteiger partial charge in [-0.25, -0.2) is 0 Å². The maximum absolute atomic E-state index is 6.19. The first-order chi connectivity index (χ1) is 8.63. The zero-order valence-corrected chi connectivity index (χ0v) is 11.8. The summed E-state index contributed by atoms with van der Waals surface area (Å²) in [5.41, 5.74) is 4.77. The Bertz CT molecular complexity index is 546. The van der Waals surface area contributed by atoms with Gasteiger partial charge in [0, 0.05) is 16.3 Å². The molecule has 1 heterocycles. The fourth-order valence-corrected chi connectivity index (χ4v) is 2.37. The van der Waals surface area contributed by atoms with Gasteiger partial charge >= 0.3 is 0 Å². The largest absolute Gasteiger partial charge is 0.345 e. The minimum atomic E-state index is 0.732. The molecular formula is C14H19ClN3+. The van der Waals surface area contributed by atoms with Gasteiger partial charge in [0.25, 0.3) is 0 Å². The summed E-state index contributed by atoms with van der Waals surface area (Å²) in [5, 5.41) is 7.57. The van der Waals surface area contributed by atoms with Gasteiger partial charge in [0.2, 0.25) is 0 Å². The number of benzene rings is 1. The van der Waals surface area contributed by atoms with Crippen LogP contribution in [0.2, 0.25) is 5.02 Å². The second-order valence-corrected chi connectivity index (χ2v) is 4.92. The molecule has 0 saturated carbocycles. The number of quaternary nitrogens is 1. The average molecular weight is 265 g/mol. The van der Waals surface area contributed by atoms with E-state index in [1.54, 1.807) is 0 Å². The number of nitrogens with two attached hydrogens (primary N) is 1. The highest BCUT2D eigenvalue weighted by molar-refractivity contribution is 6.31. The Morgan fingerprint density at radius 2 is 2.00 bits per heavy atom. The lowest BCUT2D eigenvalue weighted by atomic mass is 10.2. The second kappa shape index (κ2) is 5.55. The molecule has 0 radical (unpaired) electrons. The van der Waals surface area contributed by atoms with Crippen LogP contribution in [-0.4, -0.2) is 16.8 Å². The van der Waals surface area contributed by atoms with Crippen molar-refractivity contribution in [1.29, 1.82) is 0 Å². The second-order valence-electron chi connectivity index (χ2n) is 4.51. The number of halogens is 1. The highest BCUT2D eigenvalue weighted by Crippen LogP contribution is 2.18. The van der Waals surface area contributed by atoms with Gasteiger partial charge in [-0.1, -0.05) is 29.8 Å². The van der Waals surface area contributed by atoms with Crippen LogP contribution in [0.15, 0.2) is 24.3 Å². The summed E-state index contributed by atoms with van der Waals surface area (Å²) in [7, 11) is 2.07. The third-order valence-electron chi connectivity index (χ3n) is 3.22. The van der Waals surface area contributed by atoms with E-state index >= 15 is 0 Å². The van der Waals surface area contributed by atoms with Gasteiger partial charge in [-0.15, -0.1) is 0 Å². The molecule has 1 aromatic carbocycles. The molecular weight excluding hydrogens is 246 g/mol. The van der Waals surface area contributed by atoms with Gasteiger partial charge < -0.3 is 5.32 Å². The smallest absolute Gasteiger partial charge is 0.105 e. The number of hydrogen-bond donors (Lipinski definition) is 1. The van der Waals surface area contributed by atoms with Crippen molar-refractivity contribution >= 4 is 11.6 Å². The summed E-state index contributed by atoms with van der Waals surface area (Å²) < 4.78 is 2.04. The third kappa shape index (κ3) is 2.57. The van der Waals surface area contributed by atoms with Crippen molar-refractivity contribution in [2.45, 2.75) is 26.9 Å². The Morgan fingerprint density at radius 3 is 2.67 bits per heavy atom. The Hall–Kier alpha value is -1.32. The molecule has 0 bridgehead atoms. The monoisotopic (exact) mass is 264 g/mol. The fourth-order valence-electron chi connectivity index (χ4n) is 2.18. The zero-order valence-electron chi connectivity index (χ0n) is 11.1. The van der Waals surface area contributed by atoms with Gasteiger partial charge in [0.1, 0.15) is 6.54 Å². The molecule has 0 aliphatic rings. The van der Waals surface area contributed by atoms with Gasteiger partial charge in [0.15, 0.2) is 0 Å². The molecule has 2 aromatic rings. The maximum atomic E-state index is 6.19. The Balaban J connectivity index is 2.30. The molecule has 0 spiro atoms. The van der Waals surface area contributed by atoms with Crippen molar-refractivity contribution in [3.8, 4) is 0 Å². The zero-order chi connectivity index (χ0) is 13.1. The number of hydrogen-bond acceptors (Lipinski definition) is 1. The van der Waals surface area contributed by atoms with E-state index in [2.05, 4.69) is 31.3 Å². The van der Waals surface area contributed by atoms with Crippen molar-refractivity contribution in [1.82, 2.24) is 9.78 Å². The van der Waals surface area contributed by atoms with E-state index in [9.17, 15) is 0 Å². The van der Waals surface area contributed by atoms with Crippen LogP contribution in [0.25, 0.3) is 0 Å². The van der Waals surface area contributed by atoms with E-state index in [4.69, 9.17) is 11.6 Å². The quantitative estimate of drug-likeness (QED) is 0.899. The van der Waals surface area contributed by atoms with E-state index in [0.29, 0.717) is 0 Å². The molecule has 0 fully saturated rings. The van der Waals surface area contributed by atoms with Gasteiger partial charge in [-0.2, -0.15) is 5.10 Å². The Labute approximate surface area is 113 Å². The molecule has 0 saturated heterocycles. The molecule has 2 N–H and O–H groups in total. The normalized spacial score (nSPS) is 10.9. The lowest BCUT2D eigenvalue weighted by Crippen LogP contribution is -2.77. The number of aromatic nitrogens is 2. The summed E-state index contributed by atoms with van der Waals surface area (Å²) in [6, 6.07) is 7.92. The van der Waals surface area contributed by atoms with Crippen LogP contribution in [0.5, 0.6) is 0 Å². The van der Waals surface area contributed by atoms with Crippen LogP contribution in [-0.2, 0) is 13.1 Å². The van der Waals surface area contributed by atoms with Gasteiger partial charge in [0.05, 0.1) is 19.3 Å². The van der Waals surface area contributed by atoms with E-state index < -0.39 is 0 Å². The van der Waals surface area contributed by atoms with E-state index in [0.717, 1.165) is 29.4 Å². The lowest BCUT2D eigenvalue weighted by molar-refractivity contribution is -0.643. The first-order valence-electron chi connectivity index (χ1n) is 6.17. The van der Waals surface area contributed by atoms with Crippen LogP contribution >= 0.6 is 11.6 Å². The molecule has 4 heteroatoms. The van der Waals surface area contributed by atoms with E-state index in [1.807, 2.05) is 28.9 Å². The molecule has 0 aliphatic carbocycles. The molecule has 96 valence electrons. The standard InChI is InChI=1S/C14H18ClN3/c1-10-13(8-16-3)11(2)18(17-10)9-12-6-4-5-7-14(12)15/h4-7,16H,8-9H2,1-3H3/p+1. The average Bonchev–Trinajstić information content (AvgIpc) is 2.60. The predicted octanol–water partition coefficient (Wildman–Crippen LogP) is 1.89. The van der Waals surface area contributed by atoms with Gasteiger partial charge in [-0.05, 0) is 25.5 Å². The number of rotatable bonds is 4. The first-order valence-corrected chi connectivity index (χ1v) is 6.55. The predicted molar refractivity (Wildman–Crippen MR) is 73.8 cm³/mol. The van der Waals surface area contributed by atoms with Crippen LogP contribution in [0.1, 0.15) is 22.5 Å². The molecule has 0 amide bonds. The molecule has 18 heavy (non-hydrogen) atoms. The fraction of sp³-hybridized carbons (Fsp3) is 0.357. The summed E-state index contributed by atoms with van der Waals surface area (Å²) >= 11 is 6.19. The summed E-state index contributed by atoms with van der Waals surface area (Å²) in [5.74, 6) is 0. The minimum absolute atomic E-state index is 0.732. The summed E-state index contributed by atoms with van der Waals surface area (Å²) in [6.45, 7) is 5.89. The van der Waals surface area contributed by atoms with Crippen molar-refractivity contribution in [2.75, 3.05) is 7.05 Å². The molecule has 2 rings (SSSR count). The number of nitrogens with zero attached hydrogens (tertiary/aromatic N) is 2. The Kier molecular flexibility index (Phi) is 4.04. The van der Waals surface area contributed by atoms with Crippen molar-refractivity contribution in [2.24, 2.45) is 0 Å². The number of aryl methyl sites for hydroxylation is 1. The summed E-state index contributed by atoms with van der Waals surface area (Å²) in [6.07, 6.45) is 0. The van der Waals surface area contributed by atoms with E-state index in [-0.39, 0.29) is 0 Å². The van der Waals surface area contributed by atoms with Gasteiger partial charge in [-0.3, -0.25) is 4.68 Å². The molecule has 0 aliphatic heterocycles.